The summed E-state index contributed by atoms with van der Waals surface area (Å²) in [5.74, 6) is 3.35. The van der Waals surface area contributed by atoms with Crippen molar-refractivity contribution in [2.24, 2.45) is 11.7 Å². The largest absolute Gasteiger partial charge is 0.369 e. The monoisotopic (exact) mass is 184 g/mol. The molecule has 0 saturated heterocycles. The molecule has 0 amide bonds. The van der Waals surface area contributed by atoms with E-state index >= 15 is 0 Å². The summed E-state index contributed by atoms with van der Waals surface area (Å²) < 4.78 is 5.19. The zero-order valence-electron chi connectivity index (χ0n) is 8.60. The molecule has 0 aromatic rings. The van der Waals surface area contributed by atoms with E-state index in [9.17, 15) is 0 Å². The van der Waals surface area contributed by atoms with E-state index in [0.717, 1.165) is 26.1 Å². The van der Waals surface area contributed by atoms with Gasteiger partial charge in [0.15, 0.2) is 0 Å². The maximum Gasteiger partial charge on any atom is 0.109 e. The van der Waals surface area contributed by atoms with E-state index in [4.69, 9.17) is 10.5 Å². The van der Waals surface area contributed by atoms with Crippen molar-refractivity contribution in [1.29, 1.82) is 0 Å². The fraction of sp³-hybridized carbons (Fsp3) is 0.800. The Kier molecular flexibility index (Phi) is 8.85. The minimum Gasteiger partial charge on any atom is -0.369 e. The van der Waals surface area contributed by atoms with E-state index in [1.54, 1.807) is 0 Å². The van der Waals surface area contributed by atoms with Crippen LogP contribution in [0.3, 0.4) is 0 Å². The van der Waals surface area contributed by atoms with Gasteiger partial charge >= 0.3 is 0 Å². The molecule has 0 aliphatic rings. The number of nitrogens with two attached hydrogens (primary N) is 1. The molecule has 76 valence electrons. The molecule has 0 fully saturated rings. The standard InChI is InChI=1S/C10H20N2O/c1-10(2)9-12-6-4-8-13-7-3-5-11/h10,12H,4,6-9,11H2,1-2H3. The summed E-state index contributed by atoms with van der Waals surface area (Å²) in [6.45, 7) is 7.66. The van der Waals surface area contributed by atoms with Crippen molar-refractivity contribution in [3.05, 3.63) is 0 Å². The maximum absolute atomic E-state index is 5.19. The fourth-order valence-electron chi connectivity index (χ4n) is 0.855. The molecular formula is C10H20N2O. The Morgan fingerprint density at radius 2 is 2.23 bits per heavy atom. The fourth-order valence-corrected chi connectivity index (χ4v) is 0.855. The quantitative estimate of drug-likeness (QED) is 0.345. The van der Waals surface area contributed by atoms with Gasteiger partial charge in [-0.3, -0.25) is 0 Å². The van der Waals surface area contributed by atoms with Crippen LogP contribution < -0.4 is 11.1 Å². The lowest BCUT2D eigenvalue weighted by Gasteiger charge is -2.06. The summed E-state index contributed by atoms with van der Waals surface area (Å²) in [5, 5.41) is 3.34. The predicted molar refractivity (Wildman–Crippen MR) is 55.1 cm³/mol. The van der Waals surface area contributed by atoms with Crippen LogP contribution >= 0.6 is 0 Å². The molecule has 3 N–H and O–H groups in total. The Labute approximate surface area is 81.0 Å². The first-order valence-electron chi connectivity index (χ1n) is 4.74. The summed E-state index contributed by atoms with van der Waals surface area (Å²) >= 11 is 0. The molecule has 0 unspecified atom stereocenters. The highest BCUT2D eigenvalue weighted by molar-refractivity contribution is 4.93. The van der Waals surface area contributed by atoms with Crippen molar-refractivity contribution in [2.45, 2.75) is 20.3 Å². The average Bonchev–Trinajstić information content (AvgIpc) is 2.09. The lowest BCUT2D eigenvalue weighted by atomic mass is 10.2. The molecule has 0 atom stereocenters. The molecule has 0 aromatic heterocycles. The summed E-state index contributed by atoms with van der Waals surface area (Å²) in [7, 11) is 0. The Morgan fingerprint density at radius 1 is 1.46 bits per heavy atom. The van der Waals surface area contributed by atoms with Gasteiger partial charge < -0.3 is 15.8 Å². The van der Waals surface area contributed by atoms with Crippen LogP contribution in [0.5, 0.6) is 0 Å². The molecular weight excluding hydrogens is 164 g/mol. The minimum absolute atomic E-state index is 0.445. The predicted octanol–water partition coefficient (Wildman–Crippen LogP) is 0.558. The zero-order chi connectivity index (χ0) is 9.94. The Hall–Kier alpha value is -0.720. The summed E-state index contributed by atoms with van der Waals surface area (Å²) in [6.07, 6.45) is 1.03. The highest BCUT2D eigenvalue weighted by Gasteiger charge is 1.92. The smallest absolute Gasteiger partial charge is 0.109 e. The third-order valence-electron chi connectivity index (χ3n) is 1.47. The summed E-state index contributed by atoms with van der Waals surface area (Å²) in [6, 6.07) is 2.29. The van der Waals surface area contributed by atoms with Gasteiger partial charge in [0.05, 0.1) is 0 Å². The van der Waals surface area contributed by atoms with Crippen molar-refractivity contribution in [3.8, 4) is 12.0 Å². The molecule has 0 aliphatic carbocycles. The molecule has 0 aliphatic heterocycles. The SMILES string of the molecule is CC(C)CNCCCOCC#CN. The van der Waals surface area contributed by atoms with E-state index in [0.29, 0.717) is 12.5 Å². The normalized spacial score (nSPS) is 9.77. The second-order valence-electron chi connectivity index (χ2n) is 3.33. The van der Waals surface area contributed by atoms with Crippen molar-refractivity contribution in [2.75, 3.05) is 26.3 Å². The van der Waals surface area contributed by atoms with Crippen LogP contribution in [0.4, 0.5) is 0 Å². The van der Waals surface area contributed by atoms with E-state index in [-0.39, 0.29) is 0 Å². The van der Waals surface area contributed by atoms with Gasteiger partial charge in [-0.1, -0.05) is 19.8 Å². The van der Waals surface area contributed by atoms with Gasteiger partial charge in [0, 0.05) is 12.7 Å². The molecule has 13 heavy (non-hydrogen) atoms. The van der Waals surface area contributed by atoms with Crippen LogP contribution in [0.25, 0.3) is 0 Å². The zero-order valence-corrected chi connectivity index (χ0v) is 8.60. The van der Waals surface area contributed by atoms with Crippen LogP contribution in [0, 0.1) is 17.9 Å². The molecule has 0 heterocycles. The van der Waals surface area contributed by atoms with E-state index in [2.05, 4.69) is 31.1 Å². The highest BCUT2D eigenvalue weighted by Crippen LogP contribution is 1.87. The van der Waals surface area contributed by atoms with Crippen molar-refractivity contribution in [1.82, 2.24) is 5.32 Å². The van der Waals surface area contributed by atoms with Crippen molar-refractivity contribution >= 4 is 0 Å². The van der Waals surface area contributed by atoms with Crippen molar-refractivity contribution < 1.29 is 4.74 Å². The molecule has 0 rings (SSSR count). The van der Waals surface area contributed by atoms with Gasteiger partial charge in [-0.2, -0.15) is 0 Å². The van der Waals surface area contributed by atoms with E-state index in [1.807, 2.05) is 0 Å². The van der Waals surface area contributed by atoms with Gasteiger partial charge in [-0.05, 0) is 25.4 Å². The first-order valence-corrected chi connectivity index (χ1v) is 4.74. The maximum atomic E-state index is 5.19. The first kappa shape index (κ1) is 12.3. The molecule has 3 heteroatoms. The van der Waals surface area contributed by atoms with Gasteiger partial charge in [-0.25, -0.2) is 0 Å². The van der Waals surface area contributed by atoms with Gasteiger partial charge in [0.25, 0.3) is 0 Å². The van der Waals surface area contributed by atoms with Crippen molar-refractivity contribution in [3.63, 3.8) is 0 Å². The number of ether oxygens (including phenoxy) is 1. The van der Waals surface area contributed by atoms with Crippen LogP contribution in [0.1, 0.15) is 20.3 Å². The van der Waals surface area contributed by atoms with Crippen LogP contribution in [-0.2, 0) is 4.74 Å². The van der Waals surface area contributed by atoms with Gasteiger partial charge in [0.2, 0.25) is 0 Å². The van der Waals surface area contributed by atoms with E-state index in [1.165, 1.54) is 0 Å². The average molecular weight is 184 g/mol. The molecule has 0 bridgehead atoms. The molecule has 0 spiro atoms. The molecule has 0 radical (unpaired) electrons. The second kappa shape index (κ2) is 9.37. The highest BCUT2D eigenvalue weighted by atomic mass is 16.5. The van der Waals surface area contributed by atoms with Crippen LogP contribution in [-0.4, -0.2) is 26.3 Å². The van der Waals surface area contributed by atoms with Crippen LogP contribution in [0.15, 0.2) is 0 Å². The molecule has 3 nitrogen and oxygen atoms in total. The number of hydrogen-bond donors (Lipinski definition) is 2. The number of rotatable bonds is 7. The van der Waals surface area contributed by atoms with Crippen LogP contribution in [0.2, 0.25) is 0 Å². The summed E-state index contributed by atoms with van der Waals surface area (Å²) in [5.41, 5.74) is 4.97. The Bertz CT molecular complexity index is 158. The second-order valence-corrected chi connectivity index (χ2v) is 3.33. The lowest BCUT2D eigenvalue weighted by Crippen LogP contribution is -2.21. The Morgan fingerprint density at radius 3 is 2.85 bits per heavy atom. The Balaban J connectivity index is 2.94. The van der Waals surface area contributed by atoms with E-state index < -0.39 is 0 Å². The third kappa shape index (κ3) is 11.3. The van der Waals surface area contributed by atoms with Gasteiger partial charge in [-0.15, -0.1) is 0 Å². The number of nitrogens with one attached hydrogen (secondary N) is 1. The first-order chi connectivity index (χ1) is 6.27. The topological polar surface area (TPSA) is 47.3 Å². The van der Waals surface area contributed by atoms with Gasteiger partial charge in [0.1, 0.15) is 6.61 Å². The summed E-state index contributed by atoms with van der Waals surface area (Å²) in [4.78, 5) is 0. The molecule has 0 saturated carbocycles. The lowest BCUT2D eigenvalue weighted by molar-refractivity contribution is 0.163. The third-order valence-corrected chi connectivity index (χ3v) is 1.47. The number of hydrogen-bond acceptors (Lipinski definition) is 3. The minimum atomic E-state index is 0.445. The molecule has 0 aromatic carbocycles.